The maximum Gasteiger partial charge on any atom is 0.290 e. The van der Waals surface area contributed by atoms with Gasteiger partial charge in [-0.15, -0.1) is 0 Å². The Morgan fingerprint density at radius 3 is 2.72 bits per heavy atom. The summed E-state index contributed by atoms with van der Waals surface area (Å²) >= 11 is 0. The lowest BCUT2D eigenvalue weighted by Gasteiger charge is -2.23. The summed E-state index contributed by atoms with van der Waals surface area (Å²) in [5.74, 6) is -0.275. The van der Waals surface area contributed by atoms with E-state index < -0.39 is 11.5 Å². The SMILES string of the molecule is CC(O)(CNC(=O)c1ccno1)c1ccccc1. The van der Waals surface area contributed by atoms with Crippen LogP contribution in [-0.2, 0) is 5.60 Å². The van der Waals surface area contributed by atoms with Crippen LogP contribution in [0.15, 0.2) is 47.1 Å². The molecule has 0 bridgehead atoms. The smallest absolute Gasteiger partial charge is 0.290 e. The van der Waals surface area contributed by atoms with Crippen molar-refractivity contribution in [3.63, 3.8) is 0 Å². The first-order valence-electron chi connectivity index (χ1n) is 5.56. The van der Waals surface area contributed by atoms with Crippen molar-refractivity contribution in [2.45, 2.75) is 12.5 Å². The Hall–Kier alpha value is -2.14. The van der Waals surface area contributed by atoms with Gasteiger partial charge in [-0.3, -0.25) is 4.79 Å². The zero-order chi connectivity index (χ0) is 13.0. The predicted molar refractivity (Wildman–Crippen MR) is 64.8 cm³/mol. The molecule has 94 valence electrons. The number of nitrogens with zero attached hydrogens (tertiary/aromatic N) is 1. The molecule has 0 fully saturated rings. The summed E-state index contributed by atoms with van der Waals surface area (Å²) in [7, 11) is 0. The minimum Gasteiger partial charge on any atom is -0.384 e. The fourth-order valence-corrected chi connectivity index (χ4v) is 1.57. The highest BCUT2D eigenvalue weighted by Crippen LogP contribution is 2.19. The molecule has 1 aromatic carbocycles. The third-order valence-electron chi connectivity index (χ3n) is 2.65. The van der Waals surface area contributed by atoms with E-state index in [4.69, 9.17) is 4.52 Å². The maximum absolute atomic E-state index is 11.6. The van der Waals surface area contributed by atoms with Gasteiger partial charge in [0.1, 0.15) is 5.60 Å². The van der Waals surface area contributed by atoms with E-state index in [0.29, 0.717) is 0 Å². The Bertz CT molecular complexity index is 506. The Morgan fingerprint density at radius 1 is 1.39 bits per heavy atom. The molecule has 1 unspecified atom stereocenters. The van der Waals surface area contributed by atoms with Crippen LogP contribution in [0.3, 0.4) is 0 Å². The fraction of sp³-hybridized carbons (Fsp3) is 0.231. The van der Waals surface area contributed by atoms with Crippen molar-refractivity contribution in [1.29, 1.82) is 0 Å². The number of nitrogens with one attached hydrogen (secondary N) is 1. The summed E-state index contributed by atoms with van der Waals surface area (Å²) in [4.78, 5) is 11.6. The van der Waals surface area contributed by atoms with Gasteiger partial charge in [-0.1, -0.05) is 35.5 Å². The van der Waals surface area contributed by atoms with Crippen LogP contribution in [0, 0.1) is 0 Å². The van der Waals surface area contributed by atoms with Crippen molar-refractivity contribution < 1.29 is 14.4 Å². The molecule has 18 heavy (non-hydrogen) atoms. The second-order valence-corrected chi connectivity index (χ2v) is 4.20. The van der Waals surface area contributed by atoms with Crippen molar-refractivity contribution in [3.05, 3.63) is 53.9 Å². The highest BCUT2D eigenvalue weighted by atomic mass is 16.5. The molecule has 2 N–H and O–H groups in total. The van der Waals surface area contributed by atoms with E-state index in [0.717, 1.165) is 5.56 Å². The van der Waals surface area contributed by atoms with Crippen LogP contribution in [0.4, 0.5) is 0 Å². The van der Waals surface area contributed by atoms with E-state index in [9.17, 15) is 9.90 Å². The van der Waals surface area contributed by atoms with E-state index in [1.807, 2.05) is 18.2 Å². The zero-order valence-electron chi connectivity index (χ0n) is 9.96. The monoisotopic (exact) mass is 246 g/mol. The Morgan fingerprint density at radius 2 is 2.11 bits per heavy atom. The van der Waals surface area contributed by atoms with Gasteiger partial charge in [0, 0.05) is 6.07 Å². The van der Waals surface area contributed by atoms with Crippen LogP contribution in [0.2, 0.25) is 0 Å². The molecule has 0 spiro atoms. The van der Waals surface area contributed by atoms with Gasteiger partial charge in [-0.2, -0.15) is 0 Å². The van der Waals surface area contributed by atoms with Crippen molar-refractivity contribution in [2.24, 2.45) is 0 Å². The number of carbonyl (C=O) groups excluding carboxylic acids is 1. The third-order valence-corrected chi connectivity index (χ3v) is 2.65. The van der Waals surface area contributed by atoms with E-state index in [2.05, 4.69) is 10.5 Å². The zero-order valence-corrected chi connectivity index (χ0v) is 9.96. The lowest BCUT2D eigenvalue weighted by molar-refractivity contribution is 0.0516. The summed E-state index contributed by atoms with van der Waals surface area (Å²) in [6.07, 6.45) is 1.39. The molecule has 0 aliphatic rings. The summed E-state index contributed by atoms with van der Waals surface area (Å²) in [5, 5.41) is 16.3. The van der Waals surface area contributed by atoms with Crippen molar-refractivity contribution in [1.82, 2.24) is 10.5 Å². The number of hydrogen-bond donors (Lipinski definition) is 2. The quantitative estimate of drug-likeness (QED) is 0.853. The third kappa shape index (κ3) is 2.75. The average Bonchev–Trinajstić information content (AvgIpc) is 2.91. The second-order valence-electron chi connectivity index (χ2n) is 4.20. The number of hydrogen-bond acceptors (Lipinski definition) is 4. The van der Waals surface area contributed by atoms with E-state index in [1.165, 1.54) is 12.3 Å². The lowest BCUT2D eigenvalue weighted by Crippen LogP contribution is -2.38. The van der Waals surface area contributed by atoms with Crippen LogP contribution in [0.1, 0.15) is 23.0 Å². The Labute approximate surface area is 104 Å². The normalized spacial score (nSPS) is 13.9. The minimum atomic E-state index is -1.13. The highest BCUT2D eigenvalue weighted by Gasteiger charge is 2.24. The summed E-state index contributed by atoms with van der Waals surface area (Å²) in [6, 6.07) is 10.6. The average molecular weight is 246 g/mol. The first-order valence-corrected chi connectivity index (χ1v) is 5.56. The molecule has 1 aromatic heterocycles. The van der Waals surface area contributed by atoms with Crippen molar-refractivity contribution in [3.8, 4) is 0 Å². The van der Waals surface area contributed by atoms with Gasteiger partial charge in [-0.05, 0) is 12.5 Å². The van der Waals surface area contributed by atoms with E-state index in [1.54, 1.807) is 19.1 Å². The first kappa shape index (κ1) is 12.3. The summed E-state index contributed by atoms with van der Waals surface area (Å²) < 4.78 is 4.72. The number of aromatic nitrogens is 1. The number of carbonyl (C=O) groups is 1. The van der Waals surface area contributed by atoms with Gasteiger partial charge in [0.2, 0.25) is 5.76 Å². The van der Waals surface area contributed by atoms with Gasteiger partial charge < -0.3 is 14.9 Å². The molecule has 1 atom stereocenters. The van der Waals surface area contributed by atoms with Crippen LogP contribution in [0.5, 0.6) is 0 Å². The van der Waals surface area contributed by atoms with Gasteiger partial charge in [-0.25, -0.2) is 0 Å². The number of rotatable bonds is 4. The number of amides is 1. The largest absolute Gasteiger partial charge is 0.384 e. The molecule has 0 radical (unpaired) electrons. The molecule has 1 heterocycles. The van der Waals surface area contributed by atoms with Gasteiger partial charge >= 0.3 is 0 Å². The molecule has 5 nitrogen and oxygen atoms in total. The highest BCUT2D eigenvalue weighted by molar-refractivity contribution is 5.91. The van der Waals surface area contributed by atoms with E-state index in [-0.39, 0.29) is 12.3 Å². The molecular formula is C13H14N2O3. The molecule has 0 saturated carbocycles. The molecule has 2 aromatic rings. The van der Waals surface area contributed by atoms with Crippen molar-refractivity contribution in [2.75, 3.05) is 6.54 Å². The molecular weight excluding hydrogens is 232 g/mol. The number of benzene rings is 1. The summed E-state index contributed by atoms with van der Waals surface area (Å²) in [5.41, 5.74) is -0.389. The van der Waals surface area contributed by atoms with Gasteiger partial charge in [0.15, 0.2) is 0 Å². The maximum atomic E-state index is 11.6. The predicted octanol–water partition coefficient (Wildman–Crippen LogP) is 1.31. The Balaban J connectivity index is 1.99. The lowest BCUT2D eigenvalue weighted by atomic mass is 9.96. The second kappa shape index (κ2) is 5.01. The molecule has 2 rings (SSSR count). The minimum absolute atomic E-state index is 0.0938. The molecule has 5 heteroatoms. The Kier molecular flexibility index (Phi) is 3.43. The van der Waals surface area contributed by atoms with Crippen LogP contribution < -0.4 is 5.32 Å². The summed E-state index contributed by atoms with van der Waals surface area (Å²) in [6.45, 7) is 1.74. The van der Waals surface area contributed by atoms with Crippen LogP contribution in [-0.4, -0.2) is 22.7 Å². The fourth-order valence-electron chi connectivity index (χ4n) is 1.57. The van der Waals surface area contributed by atoms with E-state index >= 15 is 0 Å². The van der Waals surface area contributed by atoms with Crippen LogP contribution >= 0.6 is 0 Å². The van der Waals surface area contributed by atoms with Gasteiger partial charge in [0.25, 0.3) is 5.91 Å². The van der Waals surface area contributed by atoms with Gasteiger partial charge in [0.05, 0.1) is 12.7 Å². The topological polar surface area (TPSA) is 75.4 Å². The number of aliphatic hydroxyl groups is 1. The molecule has 0 saturated heterocycles. The standard InChI is InChI=1S/C13H14N2O3/c1-13(17,10-5-3-2-4-6-10)9-14-12(16)11-7-8-15-18-11/h2-8,17H,9H2,1H3,(H,14,16). The van der Waals surface area contributed by atoms with Crippen molar-refractivity contribution >= 4 is 5.91 Å². The van der Waals surface area contributed by atoms with Crippen LogP contribution in [0.25, 0.3) is 0 Å². The molecule has 0 aliphatic heterocycles. The molecule has 0 aliphatic carbocycles. The first-order chi connectivity index (χ1) is 8.59. The molecule has 1 amide bonds.